The number of carbonyl (C=O) groups excluding carboxylic acids is 2. The summed E-state index contributed by atoms with van der Waals surface area (Å²) < 4.78 is 25.5. The summed E-state index contributed by atoms with van der Waals surface area (Å²) in [5.41, 5.74) is -0.661. The van der Waals surface area contributed by atoms with Gasteiger partial charge in [0.25, 0.3) is 0 Å². The first-order valence-corrected chi connectivity index (χ1v) is 6.70. The molecule has 122 valence electrons. The Kier molecular flexibility index (Phi) is 6.86. The van der Waals surface area contributed by atoms with Crippen LogP contribution in [0.15, 0.2) is 0 Å². The van der Waals surface area contributed by atoms with E-state index in [2.05, 4.69) is 10.1 Å². The Morgan fingerprint density at radius 2 is 2.05 bits per heavy atom. The molecule has 1 N–H and O–H groups in total. The van der Waals surface area contributed by atoms with Gasteiger partial charge in [0.2, 0.25) is 0 Å². The minimum absolute atomic E-state index is 0.0973. The number of methoxy groups -OCH3 is 1. The molecule has 0 bridgehead atoms. The van der Waals surface area contributed by atoms with E-state index in [0.29, 0.717) is 13.2 Å². The van der Waals surface area contributed by atoms with Crippen molar-refractivity contribution in [2.75, 3.05) is 33.5 Å². The van der Waals surface area contributed by atoms with Crippen LogP contribution in [0.3, 0.4) is 0 Å². The van der Waals surface area contributed by atoms with Gasteiger partial charge in [-0.05, 0) is 20.8 Å². The lowest BCUT2D eigenvalue weighted by Gasteiger charge is -2.26. The molecule has 1 saturated heterocycles. The highest BCUT2D eigenvalue weighted by Gasteiger charge is 2.27. The SMILES string of the molecule is COC(=O)C(COC1COCCO1)NC(=O)OC(C)(C)C. The van der Waals surface area contributed by atoms with E-state index in [9.17, 15) is 9.59 Å². The topological polar surface area (TPSA) is 92.3 Å². The first-order chi connectivity index (χ1) is 9.81. The molecule has 2 unspecified atom stereocenters. The van der Waals surface area contributed by atoms with Crippen LogP contribution in [0.5, 0.6) is 0 Å². The molecule has 0 aromatic carbocycles. The van der Waals surface area contributed by atoms with Crippen LogP contribution >= 0.6 is 0 Å². The van der Waals surface area contributed by atoms with Crippen LogP contribution in [-0.2, 0) is 28.5 Å². The Morgan fingerprint density at radius 1 is 1.33 bits per heavy atom. The number of rotatable bonds is 5. The van der Waals surface area contributed by atoms with Crippen LogP contribution in [0.4, 0.5) is 4.79 Å². The summed E-state index contributed by atoms with van der Waals surface area (Å²) in [6.07, 6.45) is -1.28. The molecule has 0 saturated carbocycles. The Morgan fingerprint density at radius 3 is 2.57 bits per heavy atom. The average molecular weight is 305 g/mol. The highest BCUT2D eigenvalue weighted by atomic mass is 16.7. The van der Waals surface area contributed by atoms with Crippen LogP contribution in [0, 0.1) is 0 Å². The van der Waals surface area contributed by atoms with Crippen molar-refractivity contribution in [1.82, 2.24) is 5.32 Å². The van der Waals surface area contributed by atoms with Crippen molar-refractivity contribution in [2.24, 2.45) is 0 Å². The summed E-state index contributed by atoms with van der Waals surface area (Å²) in [4.78, 5) is 23.3. The fraction of sp³-hybridized carbons (Fsp3) is 0.846. The van der Waals surface area contributed by atoms with Crippen LogP contribution in [0.25, 0.3) is 0 Å². The Bertz CT molecular complexity index is 347. The number of hydrogen-bond donors (Lipinski definition) is 1. The van der Waals surface area contributed by atoms with Gasteiger partial charge in [-0.15, -0.1) is 0 Å². The summed E-state index contributed by atoms with van der Waals surface area (Å²) in [6, 6.07) is -0.977. The van der Waals surface area contributed by atoms with Gasteiger partial charge in [0.1, 0.15) is 5.60 Å². The van der Waals surface area contributed by atoms with E-state index in [1.807, 2.05) is 0 Å². The summed E-state index contributed by atoms with van der Waals surface area (Å²) in [5.74, 6) is -0.627. The second-order valence-corrected chi connectivity index (χ2v) is 5.43. The highest BCUT2D eigenvalue weighted by molar-refractivity contribution is 5.81. The third-order valence-corrected chi connectivity index (χ3v) is 2.41. The first-order valence-electron chi connectivity index (χ1n) is 6.70. The predicted molar refractivity (Wildman–Crippen MR) is 71.7 cm³/mol. The Balaban J connectivity index is 2.47. The van der Waals surface area contributed by atoms with Gasteiger partial charge in [-0.25, -0.2) is 9.59 Å². The number of ether oxygens (including phenoxy) is 5. The number of alkyl carbamates (subject to hydrolysis) is 1. The van der Waals surface area contributed by atoms with Crippen molar-refractivity contribution >= 4 is 12.1 Å². The zero-order chi connectivity index (χ0) is 15.9. The monoisotopic (exact) mass is 305 g/mol. The van der Waals surface area contributed by atoms with Crippen molar-refractivity contribution < 1.29 is 33.3 Å². The zero-order valence-electron chi connectivity index (χ0n) is 12.8. The summed E-state index contributed by atoms with van der Waals surface area (Å²) in [6.45, 7) is 6.29. The number of esters is 1. The molecule has 2 atom stereocenters. The van der Waals surface area contributed by atoms with Crippen molar-refractivity contribution in [3.05, 3.63) is 0 Å². The summed E-state index contributed by atoms with van der Waals surface area (Å²) in [5, 5.41) is 2.41. The van der Waals surface area contributed by atoms with Gasteiger partial charge in [-0.3, -0.25) is 0 Å². The quantitative estimate of drug-likeness (QED) is 0.737. The Hall–Kier alpha value is -1.38. The molecule has 1 heterocycles. The number of nitrogens with one attached hydrogen (secondary N) is 1. The predicted octanol–water partition coefficient (Wildman–Crippen LogP) is 0.442. The van der Waals surface area contributed by atoms with Gasteiger partial charge in [-0.2, -0.15) is 0 Å². The fourth-order valence-electron chi connectivity index (χ4n) is 1.53. The molecule has 1 aliphatic rings. The molecule has 0 spiro atoms. The van der Waals surface area contributed by atoms with Crippen LogP contribution in [0.1, 0.15) is 20.8 Å². The normalized spacial score (nSPS) is 20.5. The molecule has 0 radical (unpaired) electrons. The third-order valence-electron chi connectivity index (χ3n) is 2.41. The van der Waals surface area contributed by atoms with Gasteiger partial charge in [-0.1, -0.05) is 0 Å². The molecular formula is C13H23NO7. The van der Waals surface area contributed by atoms with Gasteiger partial charge >= 0.3 is 12.1 Å². The van der Waals surface area contributed by atoms with Crippen molar-refractivity contribution in [3.63, 3.8) is 0 Å². The van der Waals surface area contributed by atoms with E-state index in [1.165, 1.54) is 7.11 Å². The lowest BCUT2D eigenvalue weighted by atomic mass is 10.2. The standard InChI is InChI=1S/C13H23NO7/c1-13(2,3)21-12(16)14-9(11(15)17-4)7-20-10-8-18-5-6-19-10/h9-10H,5-8H2,1-4H3,(H,14,16). The van der Waals surface area contributed by atoms with Crippen molar-refractivity contribution in [2.45, 2.75) is 38.7 Å². The maximum absolute atomic E-state index is 11.7. The van der Waals surface area contributed by atoms with Gasteiger partial charge in [0, 0.05) is 0 Å². The van der Waals surface area contributed by atoms with Gasteiger partial charge in [0.15, 0.2) is 12.3 Å². The average Bonchev–Trinajstić information content (AvgIpc) is 2.41. The maximum atomic E-state index is 11.7. The van der Waals surface area contributed by atoms with Crippen molar-refractivity contribution in [3.8, 4) is 0 Å². The van der Waals surface area contributed by atoms with E-state index in [-0.39, 0.29) is 13.2 Å². The molecule has 1 fully saturated rings. The van der Waals surface area contributed by atoms with Crippen LogP contribution < -0.4 is 5.32 Å². The molecule has 0 aromatic rings. The third kappa shape index (κ3) is 7.26. The number of amides is 1. The van der Waals surface area contributed by atoms with Crippen LogP contribution in [0.2, 0.25) is 0 Å². The molecule has 1 aliphatic heterocycles. The molecular weight excluding hydrogens is 282 g/mol. The largest absolute Gasteiger partial charge is 0.467 e. The van der Waals surface area contributed by atoms with E-state index in [0.717, 1.165) is 0 Å². The molecule has 0 aliphatic carbocycles. The Labute approximate surface area is 124 Å². The second-order valence-electron chi connectivity index (χ2n) is 5.43. The van der Waals surface area contributed by atoms with E-state index in [4.69, 9.17) is 18.9 Å². The fourth-order valence-corrected chi connectivity index (χ4v) is 1.53. The minimum Gasteiger partial charge on any atom is -0.467 e. The maximum Gasteiger partial charge on any atom is 0.408 e. The summed E-state index contributed by atoms with van der Waals surface area (Å²) in [7, 11) is 1.23. The van der Waals surface area contributed by atoms with Gasteiger partial charge < -0.3 is 29.0 Å². The van der Waals surface area contributed by atoms with Crippen LogP contribution in [-0.4, -0.2) is 63.5 Å². The second kappa shape index (κ2) is 8.16. The lowest BCUT2D eigenvalue weighted by molar-refractivity contribution is -0.214. The van der Waals surface area contributed by atoms with E-state index in [1.54, 1.807) is 20.8 Å². The number of carbonyl (C=O) groups is 2. The minimum atomic E-state index is -0.977. The first kappa shape index (κ1) is 17.7. The molecule has 21 heavy (non-hydrogen) atoms. The molecule has 1 rings (SSSR count). The molecule has 8 heteroatoms. The zero-order valence-corrected chi connectivity index (χ0v) is 12.8. The molecule has 1 amide bonds. The van der Waals surface area contributed by atoms with Gasteiger partial charge in [0.05, 0.1) is 33.5 Å². The molecule has 0 aromatic heterocycles. The van der Waals surface area contributed by atoms with E-state index < -0.39 is 30.0 Å². The van der Waals surface area contributed by atoms with E-state index >= 15 is 0 Å². The molecule has 8 nitrogen and oxygen atoms in total. The van der Waals surface area contributed by atoms with Crippen molar-refractivity contribution in [1.29, 1.82) is 0 Å². The smallest absolute Gasteiger partial charge is 0.408 e. The number of hydrogen-bond acceptors (Lipinski definition) is 7. The lowest BCUT2D eigenvalue weighted by Crippen LogP contribution is -2.47. The summed E-state index contributed by atoms with van der Waals surface area (Å²) >= 11 is 0. The highest BCUT2D eigenvalue weighted by Crippen LogP contribution is 2.08.